The van der Waals surface area contributed by atoms with E-state index < -0.39 is 22.6 Å². The van der Waals surface area contributed by atoms with Gasteiger partial charge >= 0.3 is 0 Å². The Bertz CT molecular complexity index is 889. The van der Waals surface area contributed by atoms with E-state index in [-0.39, 0.29) is 5.69 Å². The Labute approximate surface area is 190 Å². The minimum atomic E-state index is -1.14. The largest absolute Gasteiger partial charge is 0.370 e. The standard InChI is InChI=1S/C20H20Cl2F2N2O.2CH2O/c1-11-5-6-26(10-12(11)2)18-7-13(3-4-15(18)21)20(27)25-14-8-16(22)19(24)17(23)9-14;2*1-2/h3-4,7-9,11-12H,5-6,10H2,1-2H3,(H,25,27);2*1H2. The first-order valence-electron chi connectivity index (χ1n) is 9.34. The lowest BCUT2D eigenvalue weighted by molar-refractivity contribution is -0.0987. The van der Waals surface area contributed by atoms with Crippen LogP contribution in [0.25, 0.3) is 0 Å². The average Bonchev–Trinajstić information content (AvgIpc) is 2.77. The number of anilines is 2. The summed E-state index contributed by atoms with van der Waals surface area (Å²) < 4.78 is 26.8. The van der Waals surface area contributed by atoms with Crippen LogP contribution in [0.15, 0.2) is 30.3 Å². The zero-order valence-electron chi connectivity index (χ0n) is 17.3. The number of hydrogen-bond donors (Lipinski definition) is 1. The van der Waals surface area contributed by atoms with E-state index in [0.29, 0.717) is 22.4 Å². The minimum Gasteiger partial charge on any atom is -0.370 e. The first-order valence-corrected chi connectivity index (χ1v) is 10.1. The van der Waals surface area contributed by atoms with Crippen molar-refractivity contribution < 1.29 is 23.2 Å². The molecule has 3 rings (SSSR count). The summed E-state index contributed by atoms with van der Waals surface area (Å²) in [6.45, 7) is 10.2. The van der Waals surface area contributed by atoms with Crippen molar-refractivity contribution in [3.8, 4) is 0 Å². The lowest BCUT2D eigenvalue weighted by Crippen LogP contribution is -2.38. The van der Waals surface area contributed by atoms with Crippen LogP contribution in [-0.2, 0) is 9.59 Å². The lowest BCUT2D eigenvalue weighted by Gasteiger charge is -2.37. The Morgan fingerprint density at radius 1 is 1.03 bits per heavy atom. The predicted octanol–water partition coefficient (Wildman–Crippen LogP) is 5.64. The molecule has 1 N–H and O–H groups in total. The molecule has 0 aromatic heterocycles. The van der Waals surface area contributed by atoms with Crippen LogP contribution in [0.5, 0.6) is 0 Å². The molecule has 1 fully saturated rings. The number of hydrogen-bond acceptors (Lipinski definition) is 4. The molecule has 31 heavy (non-hydrogen) atoms. The zero-order valence-corrected chi connectivity index (χ0v) is 18.8. The van der Waals surface area contributed by atoms with Crippen molar-refractivity contribution in [3.05, 3.63) is 57.6 Å². The Balaban J connectivity index is 0.00000113. The Morgan fingerprint density at radius 3 is 2.26 bits per heavy atom. The van der Waals surface area contributed by atoms with E-state index in [1.807, 2.05) is 13.6 Å². The highest BCUT2D eigenvalue weighted by atomic mass is 35.5. The van der Waals surface area contributed by atoms with E-state index in [1.54, 1.807) is 18.2 Å². The van der Waals surface area contributed by atoms with Crippen LogP contribution in [0.2, 0.25) is 10.0 Å². The molecule has 0 aliphatic carbocycles. The monoisotopic (exact) mass is 472 g/mol. The van der Waals surface area contributed by atoms with Crippen molar-refractivity contribution in [2.24, 2.45) is 11.8 Å². The van der Waals surface area contributed by atoms with Crippen LogP contribution >= 0.6 is 23.2 Å². The summed E-state index contributed by atoms with van der Waals surface area (Å²) in [6.07, 6.45) is 1.06. The average molecular weight is 473 g/mol. The van der Waals surface area contributed by atoms with Gasteiger partial charge in [0.25, 0.3) is 5.91 Å². The number of carbonyl (C=O) groups excluding carboxylic acids is 3. The smallest absolute Gasteiger partial charge is 0.255 e. The van der Waals surface area contributed by atoms with Gasteiger partial charge in [0.1, 0.15) is 13.6 Å². The summed E-state index contributed by atoms with van der Waals surface area (Å²) in [5, 5.41) is 2.72. The summed E-state index contributed by atoms with van der Waals surface area (Å²) in [5.74, 6) is -1.54. The topological polar surface area (TPSA) is 66.5 Å². The minimum absolute atomic E-state index is 0.0841. The maximum Gasteiger partial charge on any atom is 0.255 e. The van der Waals surface area contributed by atoms with Crippen molar-refractivity contribution in [2.75, 3.05) is 23.3 Å². The van der Waals surface area contributed by atoms with Crippen LogP contribution in [0.4, 0.5) is 20.2 Å². The van der Waals surface area contributed by atoms with Crippen LogP contribution < -0.4 is 10.2 Å². The first-order chi connectivity index (χ1) is 14.8. The number of nitrogens with one attached hydrogen (secondary N) is 1. The van der Waals surface area contributed by atoms with Gasteiger partial charge in [0.2, 0.25) is 0 Å². The molecule has 5 nitrogen and oxygen atoms in total. The molecule has 2 aromatic carbocycles. The van der Waals surface area contributed by atoms with Gasteiger partial charge in [-0.1, -0.05) is 37.0 Å². The molecule has 1 saturated heterocycles. The Hall–Kier alpha value is -2.51. The molecule has 1 heterocycles. The molecule has 2 unspecified atom stereocenters. The third-order valence-electron chi connectivity index (χ3n) is 5.12. The highest BCUT2D eigenvalue weighted by molar-refractivity contribution is 6.33. The van der Waals surface area contributed by atoms with Crippen LogP contribution in [0, 0.1) is 23.5 Å². The zero-order chi connectivity index (χ0) is 23.7. The number of amides is 1. The van der Waals surface area contributed by atoms with Crippen molar-refractivity contribution in [1.82, 2.24) is 0 Å². The molecule has 1 amide bonds. The molecule has 1 aliphatic rings. The van der Waals surface area contributed by atoms with Gasteiger partial charge in [-0.2, -0.15) is 0 Å². The van der Waals surface area contributed by atoms with Gasteiger partial charge in [-0.15, -0.1) is 0 Å². The number of piperidine rings is 1. The fraction of sp³-hybridized carbons (Fsp3) is 0.318. The van der Waals surface area contributed by atoms with Gasteiger partial charge in [0.15, 0.2) is 11.6 Å². The number of nitrogens with zero attached hydrogens (tertiary/aromatic N) is 1. The van der Waals surface area contributed by atoms with Gasteiger partial charge in [-0.25, -0.2) is 8.78 Å². The predicted molar refractivity (Wildman–Crippen MR) is 120 cm³/mol. The number of halogens is 4. The fourth-order valence-electron chi connectivity index (χ4n) is 3.21. The van der Waals surface area contributed by atoms with Gasteiger partial charge in [-0.05, 0) is 42.5 Å². The number of carbonyl (C=O) groups is 3. The third kappa shape index (κ3) is 6.74. The quantitative estimate of drug-likeness (QED) is 0.587. The normalized spacial score (nSPS) is 17.5. The van der Waals surface area contributed by atoms with Crippen LogP contribution in [0.3, 0.4) is 0 Å². The van der Waals surface area contributed by atoms with E-state index in [0.717, 1.165) is 31.3 Å². The lowest BCUT2D eigenvalue weighted by atomic mass is 9.88. The summed E-state index contributed by atoms with van der Waals surface area (Å²) in [6, 6.07) is 7.05. The van der Waals surface area contributed by atoms with E-state index in [1.165, 1.54) is 6.07 Å². The summed E-state index contributed by atoms with van der Waals surface area (Å²) >= 11 is 12.0. The van der Waals surface area contributed by atoms with E-state index in [2.05, 4.69) is 24.1 Å². The summed E-state index contributed by atoms with van der Waals surface area (Å²) in [7, 11) is 0. The second-order valence-electron chi connectivity index (χ2n) is 7.06. The highest BCUT2D eigenvalue weighted by Gasteiger charge is 2.24. The molecule has 168 valence electrons. The van der Waals surface area contributed by atoms with Crippen molar-refractivity contribution in [2.45, 2.75) is 20.3 Å². The van der Waals surface area contributed by atoms with Gasteiger partial charge in [-0.3, -0.25) is 4.79 Å². The summed E-state index contributed by atoms with van der Waals surface area (Å²) in [4.78, 5) is 30.7. The summed E-state index contributed by atoms with van der Waals surface area (Å²) in [5.41, 5.74) is 1.26. The molecule has 0 spiro atoms. The second kappa shape index (κ2) is 12.4. The van der Waals surface area contributed by atoms with E-state index in [4.69, 9.17) is 32.8 Å². The van der Waals surface area contributed by atoms with Crippen molar-refractivity contribution in [1.29, 1.82) is 0 Å². The van der Waals surface area contributed by atoms with Gasteiger partial charge in [0.05, 0.1) is 15.7 Å². The Kier molecular flexibility index (Phi) is 10.6. The molecule has 0 bridgehead atoms. The molecule has 9 heteroatoms. The first kappa shape index (κ1) is 26.5. The fourth-order valence-corrected chi connectivity index (χ4v) is 3.65. The van der Waals surface area contributed by atoms with Gasteiger partial charge in [0, 0.05) is 30.4 Å². The highest BCUT2D eigenvalue weighted by Crippen LogP contribution is 2.33. The second-order valence-corrected chi connectivity index (χ2v) is 7.88. The van der Waals surface area contributed by atoms with E-state index in [9.17, 15) is 13.6 Å². The SMILES string of the molecule is C=O.C=O.CC1CCN(c2cc(C(=O)Nc3cc(F)c(F)c(Cl)c3)ccc2Cl)CC1C. The van der Waals surface area contributed by atoms with Crippen LogP contribution in [-0.4, -0.2) is 32.6 Å². The molecular weight excluding hydrogens is 449 g/mol. The molecule has 0 radical (unpaired) electrons. The molecule has 0 saturated carbocycles. The van der Waals surface area contributed by atoms with E-state index >= 15 is 0 Å². The third-order valence-corrected chi connectivity index (χ3v) is 5.72. The van der Waals surface area contributed by atoms with Crippen molar-refractivity contribution in [3.63, 3.8) is 0 Å². The molecule has 2 aromatic rings. The molecule has 2 atom stereocenters. The maximum absolute atomic E-state index is 13.5. The molecular formula is C22H24Cl2F2N2O3. The number of benzene rings is 2. The Morgan fingerprint density at radius 2 is 1.68 bits per heavy atom. The van der Waals surface area contributed by atoms with Crippen LogP contribution in [0.1, 0.15) is 30.6 Å². The van der Waals surface area contributed by atoms with Gasteiger partial charge < -0.3 is 19.8 Å². The van der Waals surface area contributed by atoms with Crippen molar-refractivity contribution >= 4 is 54.1 Å². The number of rotatable bonds is 3. The maximum atomic E-state index is 13.5. The molecule has 1 aliphatic heterocycles.